The molecule has 10 heteroatoms. The van der Waals surface area contributed by atoms with Crippen molar-refractivity contribution >= 4 is 21.7 Å². The van der Waals surface area contributed by atoms with E-state index in [-0.39, 0.29) is 0 Å². The highest BCUT2D eigenvalue weighted by molar-refractivity contribution is 9.10. The Labute approximate surface area is 123 Å². The van der Waals surface area contributed by atoms with E-state index in [0.29, 0.717) is 0 Å². The molecular weight excluding hydrogens is 374 g/mol. The predicted octanol–water partition coefficient (Wildman–Crippen LogP) is 4.45. The number of halogens is 7. The van der Waals surface area contributed by atoms with Gasteiger partial charge in [-0.1, -0.05) is 22.0 Å². The van der Waals surface area contributed by atoms with Gasteiger partial charge in [-0.3, -0.25) is 4.79 Å². The Morgan fingerprint density at radius 3 is 1.71 bits per heavy atom. The highest BCUT2D eigenvalue weighted by atomic mass is 79.9. The highest BCUT2D eigenvalue weighted by Crippen LogP contribution is 2.36. The third-order valence-corrected chi connectivity index (χ3v) is 2.46. The quantitative estimate of drug-likeness (QED) is 0.439. The van der Waals surface area contributed by atoms with Gasteiger partial charge < -0.3 is 9.47 Å². The van der Waals surface area contributed by atoms with Crippen LogP contribution in [0.1, 0.15) is 17.3 Å². The molecule has 0 saturated carbocycles. The Morgan fingerprint density at radius 1 is 1.05 bits per heavy atom. The maximum atomic E-state index is 12.2. The minimum absolute atomic E-state index is 0.722. The Balaban J connectivity index is 3.37. The van der Waals surface area contributed by atoms with Gasteiger partial charge in [-0.05, 0) is 19.1 Å². The van der Waals surface area contributed by atoms with Crippen LogP contribution >= 0.6 is 15.9 Å². The fraction of sp³-hybridized carbons (Fsp3) is 0.364. The standard InChI is InChI=1S/C11H7BrF6O3/c1-5(12)9(19)8-6(20-10(13,14)15)3-2-4-7(8)21-11(16,17)18/h2-5H,1H3. The van der Waals surface area contributed by atoms with E-state index in [9.17, 15) is 31.1 Å². The number of hydrogen-bond donors (Lipinski definition) is 0. The maximum Gasteiger partial charge on any atom is 0.573 e. The molecule has 0 spiro atoms. The molecule has 0 aliphatic rings. The van der Waals surface area contributed by atoms with Crippen molar-refractivity contribution in [2.75, 3.05) is 0 Å². The number of alkyl halides is 7. The van der Waals surface area contributed by atoms with Gasteiger partial charge in [-0.2, -0.15) is 0 Å². The normalized spacial score (nSPS) is 13.7. The Bertz CT molecular complexity index is 489. The SMILES string of the molecule is CC(Br)C(=O)c1c(OC(F)(F)F)cccc1OC(F)(F)F. The molecule has 1 atom stereocenters. The number of hydrogen-bond acceptors (Lipinski definition) is 3. The molecule has 0 saturated heterocycles. The lowest BCUT2D eigenvalue weighted by Crippen LogP contribution is -2.23. The Kier molecular flexibility index (Phi) is 5.13. The van der Waals surface area contributed by atoms with Crippen LogP contribution < -0.4 is 9.47 Å². The second-order valence-corrected chi connectivity index (χ2v) is 5.08. The van der Waals surface area contributed by atoms with Crippen molar-refractivity contribution in [3.63, 3.8) is 0 Å². The zero-order valence-corrected chi connectivity index (χ0v) is 11.8. The zero-order chi connectivity index (χ0) is 16.4. The van der Waals surface area contributed by atoms with Gasteiger partial charge in [0.15, 0.2) is 5.78 Å². The lowest BCUT2D eigenvalue weighted by molar-refractivity contribution is -0.276. The van der Waals surface area contributed by atoms with Crippen LogP contribution in [-0.2, 0) is 0 Å². The van der Waals surface area contributed by atoms with Crippen molar-refractivity contribution in [2.24, 2.45) is 0 Å². The van der Waals surface area contributed by atoms with Gasteiger partial charge in [0.1, 0.15) is 17.1 Å². The highest BCUT2D eigenvalue weighted by Gasteiger charge is 2.37. The second-order valence-electron chi connectivity index (χ2n) is 3.71. The average Bonchev–Trinajstić information content (AvgIpc) is 2.23. The number of benzene rings is 1. The summed E-state index contributed by atoms with van der Waals surface area (Å²) in [6, 6.07) is 2.29. The van der Waals surface area contributed by atoms with E-state index < -0.39 is 40.4 Å². The first-order valence-electron chi connectivity index (χ1n) is 5.23. The van der Waals surface area contributed by atoms with Crippen molar-refractivity contribution in [1.29, 1.82) is 0 Å². The summed E-state index contributed by atoms with van der Waals surface area (Å²) in [5.74, 6) is -3.19. The van der Waals surface area contributed by atoms with Crippen molar-refractivity contribution in [3.8, 4) is 11.5 Å². The van der Waals surface area contributed by atoms with E-state index in [2.05, 4.69) is 25.4 Å². The van der Waals surface area contributed by atoms with E-state index in [0.717, 1.165) is 18.2 Å². The summed E-state index contributed by atoms with van der Waals surface area (Å²) in [7, 11) is 0. The molecular formula is C11H7BrF6O3. The van der Waals surface area contributed by atoms with Crippen LogP contribution in [0.3, 0.4) is 0 Å². The second kappa shape index (κ2) is 6.12. The number of ether oxygens (including phenoxy) is 2. The van der Waals surface area contributed by atoms with Crippen LogP contribution in [0.15, 0.2) is 18.2 Å². The summed E-state index contributed by atoms with van der Waals surface area (Å²) < 4.78 is 80.6. The minimum atomic E-state index is -5.17. The maximum absolute atomic E-state index is 12.2. The van der Waals surface area contributed by atoms with E-state index in [1.54, 1.807) is 0 Å². The van der Waals surface area contributed by atoms with Crippen molar-refractivity contribution < 1.29 is 40.6 Å². The van der Waals surface area contributed by atoms with Gasteiger partial charge in [0.05, 0.1) is 4.83 Å². The Hall–Kier alpha value is -1.45. The van der Waals surface area contributed by atoms with E-state index in [1.807, 2.05) is 0 Å². The number of carbonyl (C=O) groups is 1. The molecule has 0 aliphatic heterocycles. The van der Waals surface area contributed by atoms with Gasteiger partial charge >= 0.3 is 12.7 Å². The van der Waals surface area contributed by atoms with Crippen molar-refractivity contribution in [1.82, 2.24) is 0 Å². The predicted molar refractivity (Wildman–Crippen MR) is 62.5 cm³/mol. The van der Waals surface area contributed by atoms with Crippen molar-refractivity contribution in [3.05, 3.63) is 23.8 Å². The molecule has 1 aromatic rings. The molecule has 118 valence electrons. The largest absolute Gasteiger partial charge is 0.573 e. The summed E-state index contributed by atoms with van der Waals surface area (Å²) in [5.41, 5.74) is -0.948. The molecule has 0 heterocycles. The molecule has 1 rings (SSSR count). The molecule has 0 aliphatic carbocycles. The number of carbonyl (C=O) groups excluding carboxylic acids is 1. The van der Waals surface area contributed by atoms with Crippen LogP contribution in [0, 0.1) is 0 Å². The fourth-order valence-electron chi connectivity index (χ4n) is 1.37. The zero-order valence-electron chi connectivity index (χ0n) is 10.2. The summed E-state index contributed by atoms with van der Waals surface area (Å²) in [6.07, 6.45) is -10.3. The lowest BCUT2D eigenvalue weighted by atomic mass is 10.1. The molecule has 0 bridgehead atoms. The van der Waals surface area contributed by atoms with Crippen LogP contribution in [0.4, 0.5) is 26.3 Å². The molecule has 0 fully saturated rings. The molecule has 0 aromatic heterocycles. The average molecular weight is 381 g/mol. The molecule has 1 aromatic carbocycles. The minimum Gasteiger partial charge on any atom is -0.405 e. The van der Waals surface area contributed by atoms with Crippen LogP contribution in [0.2, 0.25) is 0 Å². The topological polar surface area (TPSA) is 35.5 Å². The summed E-state index contributed by atoms with van der Waals surface area (Å²) in [5, 5.41) is 0. The van der Waals surface area contributed by atoms with Crippen LogP contribution in [0.25, 0.3) is 0 Å². The third-order valence-electron chi connectivity index (χ3n) is 2.05. The van der Waals surface area contributed by atoms with Gasteiger partial charge in [0, 0.05) is 0 Å². The van der Waals surface area contributed by atoms with Crippen molar-refractivity contribution in [2.45, 2.75) is 24.5 Å². The van der Waals surface area contributed by atoms with E-state index in [4.69, 9.17) is 0 Å². The van der Waals surface area contributed by atoms with Crippen LogP contribution in [0.5, 0.6) is 11.5 Å². The van der Waals surface area contributed by atoms with Gasteiger partial charge in [0.25, 0.3) is 0 Å². The molecule has 1 unspecified atom stereocenters. The molecule has 0 N–H and O–H groups in total. The first-order chi connectivity index (χ1) is 9.41. The van der Waals surface area contributed by atoms with Gasteiger partial charge in [-0.15, -0.1) is 26.3 Å². The van der Waals surface area contributed by atoms with E-state index in [1.165, 1.54) is 6.92 Å². The Morgan fingerprint density at radius 2 is 1.43 bits per heavy atom. The summed E-state index contributed by atoms with van der Waals surface area (Å²) in [4.78, 5) is 10.8. The number of rotatable bonds is 4. The lowest BCUT2D eigenvalue weighted by Gasteiger charge is -2.17. The summed E-state index contributed by atoms with van der Waals surface area (Å²) >= 11 is 2.78. The smallest absolute Gasteiger partial charge is 0.405 e. The number of ketones is 1. The molecule has 0 radical (unpaired) electrons. The van der Waals surface area contributed by atoms with Crippen LogP contribution in [-0.4, -0.2) is 23.3 Å². The first kappa shape index (κ1) is 17.6. The molecule has 21 heavy (non-hydrogen) atoms. The fourth-order valence-corrected chi connectivity index (χ4v) is 1.60. The molecule has 0 amide bonds. The third kappa shape index (κ3) is 5.44. The van der Waals surface area contributed by atoms with Gasteiger partial charge in [-0.25, -0.2) is 0 Å². The van der Waals surface area contributed by atoms with Gasteiger partial charge in [0.2, 0.25) is 0 Å². The first-order valence-corrected chi connectivity index (χ1v) is 6.15. The summed E-state index contributed by atoms with van der Waals surface area (Å²) in [6.45, 7) is 1.24. The number of Topliss-reactive ketones (excluding diaryl/α,β-unsaturated/α-hetero) is 1. The van der Waals surface area contributed by atoms with E-state index >= 15 is 0 Å². The monoisotopic (exact) mass is 380 g/mol. The molecule has 3 nitrogen and oxygen atoms in total.